The Balaban J connectivity index is 2.21. The highest BCUT2D eigenvalue weighted by Crippen LogP contribution is 2.21. The van der Waals surface area contributed by atoms with Crippen LogP contribution in [0.25, 0.3) is 10.9 Å². The summed E-state index contributed by atoms with van der Waals surface area (Å²) in [5.41, 5.74) is 2.38. The van der Waals surface area contributed by atoms with Gasteiger partial charge in [-0.25, -0.2) is 8.42 Å². The minimum Gasteiger partial charge on any atom is -0.346 e. The van der Waals surface area contributed by atoms with Gasteiger partial charge in [-0.15, -0.1) is 0 Å². The molecule has 5 heteroatoms. The molecule has 1 N–H and O–H groups in total. The van der Waals surface area contributed by atoms with E-state index in [4.69, 9.17) is 0 Å². The highest BCUT2D eigenvalue weighted by Gasteiger charge is 2.10. The van der Waals surface area contributed by atoms with Crippen LogP contribution in [0.2, 0.25) is 0 Å². The monoisotopic (exact) mass is 308 g/mol. The second kappa shape index (κ2) is 6.62. The zero-order valence-electron chi connectivity index (χ0n) is 13.0. The van der Waals surface area contributed by atoms with E-state index >= 15 is 0 Å². The summed E-state index contributed by atoms with van der Waals surface area (Å²) >= 11 is 0. The summed E-state index contributed by atoms with van der Waals surface area (Å²) in [7, 11) is -2.94. The molecular weight excluding hydrogens is 284 g/mol. The van der Waals surface area contributed by atoms with Crippen molar-refractivity contribution < 1.29 is 8.42 Å². The van der Waals surface area contributed by atoms with Crippen LogP contribution in [0.3, 0.4) is 0 Å². The molecule has 4 nitrogen and oxygen atoms in total. The number of nitrogens with zero attached hydrogens (tertiary/aromatic N) is 1. The first kappa shape index (κ1) is 16.0. The molecule has 1 aromatic heterocycles. The number of aryl methyl sites for hydroxylation is 1. The molecule has 116 valence electrons. The van der Waals surface area contributed by atoms with Crippen molar-refractivity contribution >= 4 is 20.7 Å². The van der Waals surface area contributed by atoms with Crippen LogP contribution in [-0.2, 0) is 22.8 Å². The van der Waals surface area contributed by atoms with Gasteiger partial charge in [0.1, 0.15) is 9.84 Å². The van der Waals surface area contributed by atoms with Gasteiger partial charge in [0.05, 0.1) is 5.75 Å². The van der Waals surface area contributed by atoms with Crippen LogP contribution in [0.5, 0.6) is 0 Å². The van der Waals surface area contributed by atoms with Crippen LogP contribution >= 0.6 is 0 Å². The molecule has 0 bridgehead atoms. The molecule has 0 aliphatic heterocycles. The first-order valence-corrected chi connectivity index (χ1v) is 9.41. The Bertz CT molecular complexity index is 702. The van der Waals surface area contributed by atoms with Gasteiger partial charge in [-0.3, -0.25) is 0 Å². The molecule has 0 fully saturated rings. The maximum atomic E-state index is 11.4. The summed E-state index contributed by atoms with van der Waals surface area (Å²) < 4.78 is 24.8. The Labute approximate surface area is 127 Å². The topological polar surface area (TPSA) is 51.1 Å². The molecule has 0 saturated heterocycles. The van der Waals surface area contributed by atoms with Crippen molar-refractivity contribution in [3.63, 3.8) is 0 Å². The predicted octanol–water partition coefficient (Wildman–Crippen LogP) is 2.23. The van der Waals surface area contributed by atoms with Gasteiger partial charge in [0.15, 0.2) is 0 Å². The van der Waals surface area contributed by atoms with Crippen molar-refractivity contribution in [3.8, 4) is 0 Å². The van der Waals surface area contributed by atoms with Crippen LogP contribution in [0, 0.1) is 0 Å². The van der Waals surface area contributed by atoms with Crippen molar-refractivity contribution in [1.29, 1.82) is 0 Å². The standard InChI is InChI=1S/C16H24N2O2S/c1-13(2)17-9-8-14-12-18(10-11-21(3,19)20)16-7-5-4-6-15(14)16/h4-7,12-13,17H,8-11H2,1-3H3. The first-order valence-electron chi connectivity index (χ1n) is 7.34. The predicted molar refractivity (Wildman–Crippen MR) is 88.5 cm³/mol. The number of sulfone groups is 1. The van der Waals surface area contributed by atoms with E-state index in [9.17, 15) is 8.42 Å². The van der Waals surface area contributed by atoms with E-state index in [-0.39, 0.29) is 5.75 Å². The fourth-order valence-electron chi connectivity index (χ4n) is 2.47. The molecule has 0 aliphatic rings. The highest BCUT2D eigenvalue weighted by molar-refractivity contribution is 7.90. The maximum Gasteiger partial charge on any atom is 0.149 e. The Hall–Kier alpha value is -1.33. The third kappa shape index (κ3) is 4.58. The summed E-state index contributed by atoms with van der Waals surface area (Å²) in [6.07, 6.45) is 4.33. The molecular formula is C16H24N2O2S. The molecule has 0 atom stereocenters. The summed E-state index contributed by atoms with van der Waals surface area (Å²) in [5.74, 6) is 0.176. The average Bonchev–Trinajstić information content (AvgIpc) is 2.74. The molecule has 21 heavy (non-hydrogen) atoms. The minimum absolute atomic E-state index is 0.176. The van der Waals surface area contributed by atoms with Crippen molar-refractivity contribution in [1.82, 2.24) is 9.88 Å². The van der Waals surface area contributed by atoms with Crippen LogP contribution in [0.15, 0.2) is 30.5 Å². The lowest BCUT2D eigenvalue weighted by atomic mass is 10.1. The number of para-hydroxylation sites is 1. The molecule has 0 amide bonds. The number of benzene rings is 1. The fraction of sp³-hybridized carbons (Fsp3) is 0.500. The van der Waals surface area contributed by atoms with E-state index in [1.54, 1.807) is 0 Å². The molecule has 1 aromatic carbocycles. The quantitative estimate of drug-likeness (QED) is 0.853. The number of hydrogen-bond acceptors (Lipinski definition) is 3. The van der Waals surface area contributed by atoms with Gasteiger partial charge in [0.25, 0.3) is 0 Å². The number of hydrogen-bond donors (Lipinski definition) is 1. The van der Waals surface area contributed by atoms with Crippen molar-refractivity contribution in [2.24, 2.45) is 0 Å². The lowest BCUT2D eigenvalue weighted by Crippen LogP contribution is -2.24. The van der Waals surface area contributed by atoms with Gasteiger partial charge >= 0.3 is 0 Å². The zero-order chi connectivity index (χ0) is 15.5. The third-order valence-corrected chi connectivity index (χ3v) is 4.45. The van der Waals surface area contributed by atoms with E-state index in [1.807, 2.05) is 12.1 Å². The summed E-state index contributed by atoms with van der Waals surface area (Å²) in [4.78, 5) is 0. The van der Waals surface area contributed by atoms with E-state index in [2.05, 4.69) is 42.1 Å². The third-order valence-electron chi connectivity index (χ3n) is 3.52. The van der Waals surface area contributed by atoms with E-state index in [1.165, 1.54) is 17.2 Å². The van der Waals surface area contributed by atoms with E-state index < -0.39 is 9.84 Å². The summed E-state index contributed by atoms with van der Waals surface area (Å²) in [5, 5.41) is 4.64. The van der Waals surface area contributed by atoms with Crippen LogP contribution in [-0.4, -0.2) is 37.6 Å². The Morgan fingerprint density at radius 3 is 2.62 bits per heavy atom. The molecule has 2 aromatic rings. The van der Waals surface area contributed by atoms with Crippen LogP contribution < -0.4 is 5.32 Å². The largest absolute Gasteiger partial charge is 0.346 e. The Morgan fingerprint density at radius 1 is 1.24 bits per heavy atom. The number of aromatic nitrogens is 1. The molecule has 2 rings (SSSR count). The highest BCUT2D eigenvalue weighted by atomic mass is 32.2. The second-order valence-corrected chi connectivity index (χ2v) is 8.11. The van der Waals surface area contributed by atoms with Crippen LogP contribution in [0.1, 0.15) is 19.4 Å². The van der Waals surface area contributed by atoms with E-state index in [0.29, 0.717) is 12.6 Å². The Morgan fingerprint density at radius 2 is 1.95 bits per heavy atom. The SMILES string of the molecule is CC(C)NCCc1cn(CCS(C)(=O)=O)c2ccccc12. The molecule has 0 spiro atoms. The van der Waals surface area contributed by atoms with Gasteiger partial charge in [-0.2, -0.15) is 0 Å². The van der Waals surface area contributed by atoms with Gasteiger partial charge in [0, 0.05) is 35.9 Å². The lowest BCUT2D eigenvalue weighted by molar-refractivity contribution is 0.589. The number of rotatable bonds is 7. The van der Waals surface area contributed by atoms with Gasteiger partial charge in [-0.05, 0) is 24.6 Å². The molecule has 0 radical (unpaired) electrons. The minimum atomic E-state index is -2.94. The first-order chi connectivity index (χ1) is 9.87. The van der Waals surface area contributed by atoms with Gasteiger partial charge in [0.2, 0.25) is 0 Å². The normalized spacial score (nSPS) is 12.4. The average molecular weight is 308 g/mol. The lowest BCUT2D eigenvalue weighted by Gasteiger charge is -2.06. The number of fused-ring (bicyclic) bond motifs is 1. The van der Waals surface area contributed by atoms with Crippen molar-refractivity contribution in [2.45, 2.75) is 32.9 Å². The van der Waals surface area contributed by atoms with Crippen molar-refractivity contribution in [2.75, 3.05) is 18.6 Å². The second-order valence-electron chi connectivity index (χ2n) is 5.85. The molecule has 0 saturated carbocycles. The van der Waals surface area contributed by atoms with Crippen molar-refractivity contribution in [3.05, 3.63) is 36.0 Å². The maximum absolute atomic E-state index is 11.4. The zero-order valence-corrected chi connectivity index (χ0v) is 13.8. The van der Waals surface area contributed by atoms with Gasteiger partial charge < -0.3 is 9.88 Å². The summed E-state index contributed by atoms with van der Waals surface area (Å²) in [6.45, 7) is 5.71. The van der Waals surface area contributed by atoms with E-state index in [0.717, 1.165) is 18.5 Å². The Kier molecular flexibility index (Phi) is 5.06. The molecule has 0 unspecified atom stereocenters. The summed E-state index contributed by atoms with van der Waals surface area (Å²) in [6, 6.07) is 8.66. The van der Waals surface area contributed by atoms with Gasteiger partial charge in [-0.1, -0.05) is 32.0 Å². The number of nitrogens with one attached hydrogen (secondary N) is 1. The molecule has 0 aliphatic carbocycles. The van der Waals surface area contributed by atoms with Crippen LogP contribution in [0.4, 0.5) is 0 Å². The fourth-order valence-corrected chi connectivity index (χ4v) is 3.00. The molecule has 1 heterocycles. The smallest absolute Gasteiger partial charge is 0.149 e.